The number of carbonyl (C=O) groups is 2. The summed E-state index contributed by atoms with van der Waals surface area (Å²) in [4.78, 5) is 24.0. The molecule has 2 unspecified atom stereocenters. The molecule has 0 radical (unpaired) electrons. The number of hydrogen-bond donors (Lipinski definition) is 2. The van der Waals surface area contributed by atoms with E-state index in [2.05, 4.69) is 10.6 Å². The Balaban J connectivity index is 1.78. The summed E-state index contributed by atoms with van der Waals surface area (Å²) < 4.78 is 36.8. The summed E-state index contributed by atoms with van der Waals surface area (Å²) in [5, 5.41) is 5.92. The number of alkyl halides is 3. The van der Waals surface area contributed by atoms with Crippen molar-refractivity contribution in [3.05, 3.63) is 0 Å². The van der Waals surface area contributed by atoms with E-state index in [1.807, 2.05) is 0 Å². The Morgan fingerprint density at radius 2 is 2.20 bits per heavy atom. The fourth-order valence-electron chi connectivity index (χ4n) is 2.62. The first kappa shape index (κ1) is 15.1. The predicted molar refractivity (Wildman–Crippen MR) is 64.8 cm³/mol. The van der Waals surface area contributed by atoms with Gasteiger partial charge in [-0.1, -0.05) is 0 Å². The van der Waals surface area contributed by atoms with Crippen LogP contribution in [0, 0.1) is 5.92 Å². The van der Waals surface area contributed by atoms with Gasteiger partial charge in [0.05, 0.1) is 5.92 Å². The lowest BCUT2D eigenvalue weighted by atomic mass is 10.1. The second kappa shape index (κ2) is 5.99. The predicted octanol–water partition coefficient (Wildman–Crippen LogP) is 0.265. The smallest absolute Gasteiger partial charge is 0.354 e. The highest BCUT2D eigenvalue weighted by atomic mass is 19.4. The molecule has 2 amide bonds. The SMILES string of the molecule is O=C(NCC1CCCN1)C1CC(=O)N(CC(F)(F)F)C1. The molecule has 2 saturated heterocycles. The lowest BCUT2D eigenvalue weighted by Gasteiger charge is -2.18. The van der Waals surface area contributed by atoms with E-state index < -0.39 is 24.5 Å². The number of nitrogens with zero attached hydrogens (tertiary/aromatic N) is 1. The summed E-state index contributed by atoms with van der Waals surface area (Å²) in [6.45, 7) is -0.0489. The third-order valence-corrected chi connectivity index (χ3v) is 3.64. The number of halogens is 3. The molecule has 0 aromatic rings. The molecule has 2 heterocycles. The quantitative estimate of drug-likeness (QED) is 0.782. The Kier molecular flexibility index (Phi) is 4.52. The van der Waals surface area contributed by atoms with Crippen molar-refractivity contribution in [1.82, 2.24) is 15.5 Å². The monoisotopic (exact) mass is 293 g/mol. The van der Waals surface area contributed by atoms with Gasteiger partial charge in [-0.25, -0.2) is 0 Å². The van der Waals surface area contributed by atoms with Gasteiger partial charge in [0.2, 0.25) is 11.8 Å². The molecule has 20 heavy (non-hydrogen) atoms. The molecule has 8 heteroatoms. The van der Waals surface area contributed by atoms with E-state index >= 15 is 0 Å². The third-order valence-electron chi connectivity index (χ3n) is 3.64. The van der Waals surface area contributed by atoms with E-state index in [0.717, 1.165) is 19.4 Å². The molecule has 2 aliphatic heterocycles. The van der Waals surface area contributed by atoms with Gasteiger partial charge in [0, 0.05) is 25.6 Å². The Hall–Kier alpha value is -1.31. The molecule has 0 aromatic carbocycles. The lowest BCUT2D eigenvalue weighted by Crippen LogP contribution is -2.41. The van der Waals surface area contributed by atoms with Gasteiger partial charge in [0.15, 0.2) is 0 Å². The van der Waals surface area contributed by atoms with Crippen molar-refractivity contribution in [3.8, 4) is 0 Å². The second-order valence-corrected chi connectivity index (χ2v) is 5.33. The number of nitrogens with one attached hydrogen (secondary N) is 2. The molecule has 2 N–H and O–H groups in total. The van der Waals surface area contributed by atoms with Crippen molar-refractivity contribution in [3.63, 3.8) is 0 Å². The van der Waals surface area contributed by atoms with Crippen LogP contribution < -0.4 is 10.6 Å². The minimum absolute atomic E-state index is 0.139. The molecule has 2 atom stereocenters. The molecule has 2 fully saturated rings. The Bertz CT molecular complexity index is 381. The molecule has 2 aliphatic rings. The zero-order chi connectivity index (χ0) is 14.8. The van der Waals surface area contributed by atoms with Crippen LogP contribution in [0.1, 0.15) is 19.3 Å². The van der Waals surface area contributed by atoms with Crippen LogP contribution in [0.3, 0.4) is 0 Å². The van der Waals surface area contributed by atoms with Gasteiger partial charge in [-0.3, -0.25) is 9.59 Å². The average molecular weight is 293 g/mol. The maximum atomic E-state index is 12.3. The van der Waals surface area contributed by atoms with Gasteiger partial charge >= 0.3 is 6.18 Å². The topological polar surface area (TPSA) is 61.4 Å². The van der Waals surface area contributed by atoms with Crippen molar-refractivity contribution in [1.29, 1.82) is 0 Å². The molecule has 0 aromatic heterocycles. The van der Waals surface area contributed by atoms with Gasteiger partial charge in [-0.05, 0) is 19.4 Å². The molecular weight excluding hydrogens is 275 g/mol. The number of amides is 2. The largest absolute Gasteiger partial charge is 0.406 e. The molecule has 0 saturated carbocycles. The average Bonchev–Trinajstić information content (AvgIpc) is 2.95. The van der Waals surface area contributed by atoms with E-state index in [-0.39, 0.29) is 24.9 Å². The molecule has 0 spiro atoms. The van der Waals surface area contributed by atoms with Gasteiger partial charge in [0.1, 0.15) is 6.54 Å². The zero-order valence-corrected chi connectivity index (χ0v) is 11.0. The Morgan fingerprint density at radius 3 is 2.80 bits per heavy atom. The molecule has 0 aliphatic carbocycles. The fourth-order valence-corrected chi connectivity index (χ4v) is 2.62. The fraction of sp³-hybridized carbons (Fsp3) is 0.833. The van der Waals surface area contributed by atoms with Gasteiger partial charge in [-0.2, -0.15) is 13.2 Å². The highest BCUT2D eigenvalue weighted by molar-refractivity contribution is 5.89. The van der Waals surface area contributed by atoms with Crippen molar-refractivity contribution in [2.45, 2.75) is 31.5 Å². The normalized spacial score (nSPS) is 27.1. The number of carbonyl (C=O) groups excluding carboxylic acids is 2. The van der Waals surface area contributed by atoms with Gasteiger partial charge in [-0.15, -0.1) is 0 Å². The second-order valence-electron chi connectivity index (χ2n) is 5.33. The van der Waals surface area contributed by atoms with Crippen LogP contribution in [-0.2, 0) is 9.59 Å². The van der Waals surface area contributed by atoms with E-state index in [0.29, 0.717) is 11.4 Å². The number of rotatable bonds is 4. The van der Waals surface area contributed by atoms with E-state index in [4.69, 9.17) is 0 Å². The van der Waals surface area contributed by atoms with Crippen molar-refractivity contribution in [2.24, 2.45) is 5.92 Å². The van der Waals surface area contributed by atoms with E-state index in [1.165, 1.54) is 0 Å². The first-order valence-electron chi connectivity index (χ1n) is 6.71. The van der Waals surface area contributed by atoms with Gasteiger partial charge in [0.25, 0.3) is 0 Å². The van der Waals surface area contributed by atoms with Crippen molar-refractivity contribution < 1.29 is 22.8 Å². The summed E-state index contributed by atoms with van der Waals surface area (Å²) in [5.74, 6) is -1.62. The molecule has 5 nitrogen and oxygen atoms in total. The first-order chi connectivity index (χ1) is 9.35. The van der Waals surface area contributed by atoms with Gasteiger partial charge < -0.3 is 15.5 Å². The van der Waals surface area contributed by atoms with Crippen LogP contribution in [0.5, 0.6) is 0 Å². The zero-order valence-electron chi connectivity index (χ0n) is 11.0. The first-order valence-corrected chi connectivity index (χ1v) is 6.71. The van der Waals surface area contributed by atoms with E-state index in [1.54, 1.807) is 0 Å². The third kappa shape index (κ3) is 4.09. The highest BCUT2D eigenvalue weighted by Gasteiger charge is 2.40. The summed E-state index contributed by atoms with van der Waals surface area (Å²) in [6, 6.07) is 0.224. The van der Waals surface area contributed by atoms with Crippen molar-refractivity contribution in [2.75, 3.05) is 26.2 Å². The van der Waals surface area contributed by atoms with Crippen molar-refractivity contribution >= 4 is 11.8 Å². The maximum Gasteiger partial charge on any atom is 0.406 e. The number of likely N-dealkylation sites (tertiary alicyclic amines) is 1. The maximum absolute atomic E-state index is 12.3. The van der Waals surface area contributed by atoms with E-state index in [9.17, 15) is 22.8 Å². The van der Waals surface area contributed by atoms with Crippen LogP contribution in [0.2, 0.25) is 0 Å². The minimum atomic E-state index is -4.42. The Labute approximate surface area is 114 Å². The minimum Gasteiger partial charge on any atom is -0.354 e. The van der Waals surface area contributed by atoms with Crippen LogP contribution in [0.15, 0.2) is 0 Å². The standard InChI is InChI=1S/C12H18F3N3O2/c13-12(14,15)7-18-6-8(4-10(18)19)11(20)17-5-9-2-1-3-16-9/h8-9,16H,1-7H2,(H,17,20). The molecule has 114 valence electrons. The summed E-state index contributed by atoms with van der Waals surface area (Å²) in [6.07, 6.45) is -2.53. The van der Waals surface area contributed by atoms with Crippen LogP contribution in [0.4, 0.5) is 13.2 Å². The Morgan fingerprint density at radius 1 is 1.45 bits per heavy atom. The highest BCUT2D eigenvalue weighted by Crippen LogP contribution is 2.23. The molecular formula is C12H18F3N3O2. The molecule has 0 bridgehead atoms. The summed E-state index contributed by atoms with van der Waals surface area (Å²) in [7, 11) is 0. The van der Waals surface area contributed by atoms with Crippen LogP contribution in [-0.4, -0.2) is 55.1 Å². The lowest BCUT2D eigenvalue weighted by molar-refractivity contribution is -0.157. The van der Waals surface area contributed by atoms with Crippen LogP contribution in [0.25, 0.3) is 0 Å². The molecule has 2 rings (SSSR count). The van der Waals surface area contributed by atoms with Crippen LogP contribution >= 0.6 is 0 Å². The number of hydrogen-bond acceptors (Lipinski definition) is 3. The summed E-state index contributed by atoms with van der Waals surface area (Å²) >= 11 is 0. The summed E-state index contributed by atoms with van der Waals surface area (Å²) in [5.41, 5.74) is 0.